The topological polar surface area (TPSA) is 25.6 Å². The first-order valence-electron chi connectivity index (χ1n) is 24.0. The smallest absolute Gasteiger partial charge is 0.143 e. The highest BCUT2D eigenvalue weighted by atomic mass is 16.5. The Morgan fingerprint density at radius 3 is 1.68 bits per heavy atom. The second kappa shape index (κ2) is 13.9. The van der Waals surface area contributed by atoms with E-state index < -0.39 is 5.41 Å². The Hall–Kier alpha value is -8.66. The Balaban J connectivity index is 0.979. The molecule has 1 aliphatic heterocycles. The second-order valence-electron chi connectivity index (χ2n) is 19.5. The largest absolute Gasteiger partial charge is 0.455 e. The van der Waals surface area contributed by atoms with Crippen LogP contribution in [-0.4, -0.2) is 0 Å². The molecule has 0 radical (unpaired) electrons. The van der Waals surface area contributed by atoms with E-state index >= 15 is 0 Å². The monoisotopic (exact) mass is 881 g/mol. The van der Waals surface area contributed by atoms with Gasteiger partial charge in [0.05, 0.1) is 11.1 Å². The summed E-state index contributed by atoms with van der Waals surface area (Å²) in [6.07, 6.45) is 0. The normalized spacial score (nSPS) is 14.3. The summed E-state index contributed by atoms with van der Waals surface area (Å²) in [6, 6.07) is 82.5. The van der Waals surface area contributed by atoms with Gasteiger partial charge in [-0.05, 0) is 91.7 Å². The van der Waals surface area contributed by atoms with Crippen LogP contribution in [0.1, 0.15) is 47.2 Å². The van der Waals surface area contributed by atoms with Crippen LogP contribution in [0.2, 0.25) is 0 Å². The molecule has 0 fully saturated rings. The minimum Gasteiger partial charge on any atom is -0.455 e. The number of nitrogens with zero attached hydrogens (tertiary/aromatic N) is 1. The van der Waals surface area contributed by atoms with Crippen LogP contribution in [0.15, 0.2) is 229 Å². The third-order valence-electron chi connectivity index (χ3n) is 15.7. The van der Waals surface area contributed by atoms with E-state index in [1.807, 2.05) is 6.07 Å². The zero-order valence-electron chi connectivity index (χ0n) is 38.1. The molecule has 0 saturated carbocycles. The number of benzene rings is 11. The Morgan fingerprint density at radius 1 is 0.377 bits per heavy atom. The first-order valence-corrected chi connectivity index (χ1v) is 24.0. The van der Waals surface area contributed by atoms with E-state index in [0.29, 0.717) is 0 Å². The fourth-order valence-corrected chi connectivity index (χ4v) is 12.6. The average molecular weight is 882 g/mol. The molecule has 15 rings (SSSR count). The minimum atomic E-state index is -0.636. The molecule has 0 saturated heterocycles. The van der Waals surface area contributed by atoms with Gasteiger partial charge in [-0.25, -0.2) is 0 Å². The van der Waals surface area contributed by atoms with Crippen molar-refractivity contribution in [3.8, 4) is 44.9 Å². The summed E-state index contributed by atoms with van der Waals surface area (Å²) in [7, 11) is 0. The number of fused-ring (bicyclic) bond motifs is 19. The molecule has 69 heavy (non-hydrogen) atoms. The zero-order valence-corrected chi connectivity index (χ0v) is 38.1. The van der Waals surface area contributed by atoms with Gasteiger partial charge >= 0.3 is 0 Å². The van der Waals surface area contributed by atoms with Gasteiger partial charge in [-0.1, -0.05) is 202 Å². The van der Waals surface area contributed by atoms with E-state index in [0.717, 1.165) is 94.3 Å². The summed E-state index contributed by atoms with van der Waals surface area (Å²) >= 11 is 0. The Labute approximate surface area is 400 Å². The molecule has 0 N–H and O–H groups in total. The molecule has 3 aliphatic rings. The SMILES string of the molecule is CC1(C)c2ccccc2-c2c(N(c3ccc(-c4cccc5c4oc4ccccc45)cc3)c3ccc4c(c3)-c3ccccc3C43c4ccc5ccccc5c4Oc4c3ccc3ccccc43)cccc21. The van der Waals surface area contributed by atoms with Crippen molar-refractivity contribution in [2.75, 3.05) is 4.90 Å². The third-order valence-corrected chi connectivity index (χ3v) is 15.7. The quantitative estimate of drug-likeness (QED) is 0.176. The first-order chi connectivity index (χ1) is 34.0. The highest BCUT2D eigenvalue weighted by molar-refractivity contribution is 6.10. The van der Waals surface area contributed by atoms with Gasteiger partial charge in [-0.2, -0.15) is 0 Å². The van der Waals surface area contributed by atoms with Crippen molar-refractivity contribution in [2.24, 2.45) is 0 Å². The van der Waals surface area contributed by atoms with E-state index in [1.165, 1.54) is 44.5 Å². The maximum Gasteiger partial charge on any atom is 0.143 e. The van der Waals surface area contributed by atoms with Crippen LogP contribution in [-0.2, 0) is 10.8 Å². The molecule has 3 heteroatoms. The van der Waals surface area contributed by atoms with E-state index in [4.69, 9.17) is 9.15 Å². The predicted molar refractivity (Wildman–Crippen MR) is 284 cm³/mol. The fourth-order valence-electron chi connectivity index (χ4n) is 12.6. The van der Waals surface area contributed by atoms with E-state index in [-0.39, 0.29) is 5.41 Å². The lowest BCUT2D eigenvalue weighted by molar-refractivity contribution is 0.447. The molecule has 12 aromatic rings. The molecule has 11 aromatic carbocycles. The number of ether oxygens (including phenoxy) is 1. The van der Waals surface area contributed by atoms with Gasteiger partial charge in [-0.3, -0.25) is 0 Å². The maximum absolute atomic E-state index is 7.25. The summed E-state index contributed by atoms with van der Waals surface area (Å²) in [4.78, 5) is 2.49. The molecule has 2 aliphatic carbocycles. The highest BCUT2D eigenvalue weighted by Gasteiger charge is 2.52. The first kappa shape index (κ1) is 38.4. The molecule has 324 valence electrons. The van der Waals surface area contributed by atoms with Crippen LogP contribution in [0.25, 0.3) is 76.9 Å². The van der Waals surface area contributed by atoms with Crippen LogP contribution in [0.3, 0.4) is 0 Å². The van der Waals surface area contributed by atoms with E-state index in [1.54, 1.807) is 0 Å². The third kappa shape index (κ3) is 5.11. The molecule has 1 aromatic heterocycles. The van der Waals surface area contributed by atoms with E-state index in [2.05, 4.69) is 237 Å². The van der Waals surface area contributed by atoms with Gasteiger partial charge in [-0.15, -0.1) is 0 Å². The van der Waals surface area contributed by atoms with Gasteiger partial charge in [0, 0.05) is 60.6 Å². The second-order valence-corrected chi connectivity index (χ2v) is 19.5. The minimum absolute atomic E-state index is 0.163. The van der Waals surface area contributed by atoms with Gasteiger partial charge in [0.2, 0.25) is 0 Å². The van der Waals surface area contributed by atoms with Crippen molar-refractivity contribution in [3.05, 3.63) is 258 Å². The number of furan rings is 1. The molecule has 0 atom stereocenters. The summed E-state index contributed by atoms with van der Waals surface area (Å²) in [5.41, 5.74) is 19.0. The van der Waals surface area contributed by atoms with Crippen molar-refractivity contribution < 1.29 is 9.15 Å². The number of hydrogen-bond acceptors (Lipinski definition) is 3. The van der Waals surface area contributed by atoms with E-state index in [9.17, 15) is 0 Å². The molecule has 0 unspecified atom stereocenters. The van der Waals surface area contributed by atoms with Crippen LogP contribution < -0.4 is 9.64 Å². The predicted octanol–water partition coefficient (Wildman–Crippen LogP) is 17.8. The van der Waals surface area contributed by atoms with Gasteiger partial charge in [0.25, 0.3) is 0 Å². The van der Waals surface area contributed by atoms with Gasteiger partial charge in [0.1, 0.15) is 22.7 Å². The summed E-state index contributed by atoms with van der Waals surface area (Å²) in [6.45, 7) is 4.72. The molecule has 3 nitrogen and oxygen atoms in total. The van der Waals surface area contributed by atoms with Gasteiger partial charge in [0.15, 0.2) is 0 Å². The Kier molecular flexibility index (Phi) is 7.77. The highest BCUT2D eigenvalue weighted by Crippen LogP contribution is 2.65. The van der Waals surface area contributed by atoms with Crippen molar-refractivity contribution in [3.63, 3.8) is 0 Å². The zero-order chi connectivity index (χ0) is 45.6. The maximum atomic E-state index is 7.25. The number of hydrogen-bond donors (Lipinski definition) is 0. The van der Waals surface area contributed by atoms with Gasteiger partial charge < -0.3 is 14.1 Å². The molecular formula is C66H43NO2. The van der Waals surface area contributed by atoms with Crippen molar-refractivity contribution in [1.29, 1.82) is 0 Å². The Morgan fingerprint density at radius 2 is 0.928 bits per heavy atom. The molecule has 2 heterocycles. The molecule has 0 amide bonds. The lowest BCUT2D eigenvalue weighted by Crippen LogP contribution is -2.32. The molecule has 1 spiro atoms. The number of anilines is 3. The van der Waals surface area contributed by atoms with Crippen molar-refractivity contribution >= 4 is 60.5 Å². The Bertz CT molecular complexity index is 4070. The van der Waals surface area contributed by atoms with Crippen LogP contribution in [0.5, 0.6) is 11.5 Å². The van der Waals surface area contributed by atoms with Crippen LogP contribution in [0.4, 0.5) is 17.1 Å². The lowest BCUT2D eigenvalue weighted by Gasteiger charge is -2.40. The number of para-hydroxylation sites is 2. The van der Waals surface area contributed by atoms with Crippen LogP contribution >= 0.6 is 0 Å². The standard InChI is InChI=1S/C66H43NO2/c1-65(2)53-24-10-8-21-51(53)61-56(65)26-14-27-59(61)67(43-33-29-42(30-34-43)45-22-13-23-50-49-20-9-12-28-60(49)68-62(45)50)44-35-38-55-52(39-44)48-19-7-11-25-54(48)66(55)57-36-31-40-15-3-5-17-46(40)63(57)69-64-47-18-6-4-16-41(47)32-37-58(64)66/h3-39H,1-2H3. The van der Waals surface area contributed by atoms with Crippen LogP contribution in [0, 0.1) is 0 Å². The molecule has 0 bridgehead atoms. The van der Waals surface area contributed by atoms with Crippen molar-refractivity contribution in [2.45, 2.75) is 24.7 Å². The average Bonchev–Trinajstić information content (AvgIpc) is 4.01. The lowest BCUT2D eigenvalue weighted by atomic mass is 9.65. The van der Waals surface area contributed by atoms with Crippen molar-refractivity contribution in [1.82, 2.24) is 0 Å². The fraction of sp³-hybridized carbons (Fsp3) is 0.0606. The number of rotatable bonds is 4. The summed E-state index contributed by atoms with van der Waals surface area (Å²) in [5.74, 6) is 1.84. The molecular weight excluding hydrogens is 839 g/mol. The summed E-state index contributed by atoms with van der Waals surface area (Å²) < 4.78 is 13.8. The summed E-state index contributed by atoms with van der Waals surface area (Å²) in [5, 5.41) is 6.81.